The second kappa shape index (κ2) is 14.9. The number of nitrogens with two attached hydrogens (primary N) is 1. The van der Waals surface area contributed by atoms with Crippen LogP contribution in [0.25, 0.3) is 0 Å². The van der Waals surface area contributed by atoms with Gasteiger partial charge in [0.2, 0.25) is 0 Å². The van der Waals surface area contributed by atoms with Gasteiger partial charge in [-0.2, -0.15) is 13.2 Å². The Morgan fingerprint density at radius 2 is 1.65 bits per heavy atom. The number of carbonyl (C=O) groups is 3. The van der Waals surface area contributed by atoms with Crippen molar-refractivity contribution in [2.45, 2.75) is 62.9 Å². The molecule has 3 saturated heterocycles. The van der Waals surface area contributed by atoms with Crippen molar-refractivity contribution < 1.29 is 32.3 Å². The van der Waals surface area contributed by atoms with E-state index in [9.17, 15) is 27.6 Å². The summed E-state index contributed by atoms with van der Waals surface area (Å²) in [7, 11) is 2.11. The number of piperidine rings is 2. The summed E-state index contributed by atoms with van der Waals surface area (Å²) in [6.07, 6.45) is -3.25. The lowest BCUT2D eigenvalue weighted by Gasteiger charge is -2.42. The SMILES string of the molecule is CN1CCC(N2CCN(C(=O)[C@@H](Cc3cc(Cl)c(N)c(C(F)(F)F)c3)OC(=O)N3CCC(N4CCc5cscc5NC4=O)CC3)CC2)CC1. The number of alkyl halides is 3. The Balaban J connectivity index is 1.12. The minimum Gasteiger partial charge on any atom is -0.436 e. The van der Waals surface area contributed by atoms with Gasteiger partial charge in [-0.1, -0.05) is 11.6 Å². The molecule has 1 aromatic heterocycles. The molecule has 3 N–H and O–H groups in total. The highest BCUT2D eigenvalue weighted by Gasteiger charge is 2.38. The molecule has 1 atom stereocenters. The van der Waals surface area contributed by atoms with Crippen LogP contribution in [0.2, 0.25) is 5.02 Å². The molecule has 3 fully saturated rings. The van der Waals surface area contributed by atoms with Crippen LogP contribution in [0.3, 0.4) is 0 Å². The Morgan fingerprint density at radius 3 is 2.33 bits per heavy atom. The molecule has 0 bridgehead atoms. The molecule has 11 nitrogen and oxygen atoms in total. The van der Waals surface area contributed by atoms with E-state index in [1.54, 1.807) is 16.2 Å². The predicted octanol–water partition coefficient (Wildman–Crippen LogP) is 4.84. The zero-order valence-corrected chi connectivity index (χ0v) is 29.1. The van der Waals surface area contributed by atoms with Crippen LogP contribution in [0, 0.1) is 0 Å². The van der Waals surface area contributed by atoms with Crippen LogP contribution in [-0.4, -0.2) is 127 Å². The molecule has 1 aromatic carbocycles. The number of piperazine rings is 1. The molecule has 4 aliphatic heterocycles. The largest absolute Gasteiger partial charge is 0.436 e. The Kier molecular flexibility index (Phi) is 10.8. The summed E-state index contributed by atoms with van der Waals surface area (Å²) in [6, 6.07) is 2.35. The van der Waals surface area contributed by atoms with E-state index in [1.807, 2.05) is 15.7 Å². The molecule has 16 heteroatoms. The molecule has 0 saturated carbocycles. The molecular formula is C33H43ClF3N7O4S. The number of thiophene rings is 1. The number of anilines is 2. The maximum Gasteiger partial charge on any atom is 0.418 e. The fraction of sp³-hybridized carbons (Fsp3) is 0.606. The van der Waals surface area contributed by atoms with Crippen LogP contribution >= 0.6 is 22.9 Å². The van der Waals surface area contributed by atoms with Crippen molar-refractivity contribution in [1.82, 2.24) is 24.5 Å². The van der Waals surface area contributed by atoms with E-state index in [1.165, 1.54) is 11.0 Å². The number of urea groups is 1. The Morgan fingerprint density at radius 1 is 0.980 bits per heavy atom. The molecule has 0 unspecified atom stereocenters. The van der Waals surface area contributed by atoms with Crippen LogP contribution in [0.5, 0.6) is 0 Å². The summed E-state index contributed by atoms with van der Waals surface area (Å²) < 4.78 is 47.2. The van der Waals surface area contributed by atoms with E-state index in [-0.39, 0.29) is 29.1 Å². The topological polar surface area (TPSA) is 115 Å². The van der Waals surface area contributed by atoms with Gasteiger partial charge in [-0.15, -0.1) is 11.3 Å². The molecule has 0 spiro atoms. The predicted molar refractivity (Wildman–Crippen MR) is 182 cm³/mol. The second-order valence-electron chi connectivity index (χ2n) is 13.4. The van der Waals surface area contributed by atoms with E-state index in [4.69, 9.17) is 22.1 Å². The van der Waals surface area contributed by atoms with E-state index in [0.29, 0.717) is 64.7 Å². The van der Waals surface area contributed by atoms with Crippen molar-refractivity contribution in [2.24, 2.45) is 0 Å². The van der Waals surface area contributed by atoms with Crippen LogP contribution in [0.4, 0.5) is 34.1 Å². The highest BCUT2D eigenvalue weighted by Crippen LogP contribution is 2.38. The maximum atomic E-state index is 14.0. The molecule has 6 rings (SSSR count). The minimum absolute atomic E-state index is 0.0762. The smallest absolute Gasteiger partial charge is 0.418 e. The van der Waals surface area contributed by atoms with Crippen LogP contribution < -0.4 is 11.1 Å². The number of nitrogen functional groups attached to an aromatic ring is 1. The number of ether oxygens (including phenoxy) is 1. The quantitative estimate of drug-likeness (QED) is 0.410. The summed E-state index contributed by atoms with van der Waals surface area (Å²) in [5.41, 5.74) is 5.97. The van der Waals surface area contributed by atoms with Gasteiger partial charge in [-0.05, 0) is 80.9 Å². The monoisotopic (exact) mass is 725 g/mol. The summed E-state index contributed by atoms with van der Waals surface area (Å²) in [4.78, 5) is 50.1. The molecule has 0 radical (unpaired) electrons. The molecule has 4 aliphatic rings. The number of halogens is 4. The number of rotatable bonds is 6. The highest BCUT2D eigenvalue weighted by atomic mass is 35.5. The van der Waals surface area contributed by atoms with Crippen molar-refractivity contribution in [1.29, 1.82) is 0 Å². The summed E-state index contributed by atoms with van der Waals surface area (Å²) in [5, 5.41) is 6.65. The molecule has 5 heterocycles. The summed E-state index contributed by atoms with van der Waals surface area (Å²) >= 11 is 7.65. The second-order valence-corrected chi connectivity index (χ2v) is 14.6. The zero-order chi connectivity index (χ0) is 34.9. The Labute approximate surface area is 293 Å². The number of nitrogens with zero attached hydrogens (tertiary/aromatic N) is 5. The first-order valence-electron chi connectivity index (χ1n) is 16.8. The van der Waals surface area contributed by atoms with E-state index in [2.05, 4.69) is 22.2 Å². The first kappa shape index (κ1) is 35.6. The number of likely N-dealkylation sites (tertiary alicyclic amines) is 2. The third kappa shape index (κ3) is 8.21. The fourth-order valence-corrected chi connectivity index (χ4v) is 8.42. The first-order chi connectivity index (χ1) is 23.4. The lowest BCUT2D eigenvalue weighted by molar-refractivity contribution is -0.143. The number of hydrogen-bond donors (Lipinski definition) is 2. The van der Waals surface area contributed by atoms with Gasteiger partial charge in [0.15, 0.2) is 6.10 Å². The van der Waals surface area contributed by atoms with Gasteiger partial charge < -0.3 is 35.4 Å². The van der Waals surface area contributed by atoms with Crippen LogP contribution in [0.1, 0.15) is 42.4 Å². The Bertz CT molecular complexity index is 1520. The average molecular weight is 726 g/mol. The van der Waals surface area contributed by atoms with Crippen LogP contribution in [-0.2, 0) is 28.5 Å². The fourth-order valence-electron chi connectivity index (χ4n) is 7.35. The normalized spacial score (nSPS) is 21.2. The molecule has 268 valence electrons. The summed E-state index contributed by atoms with van der Waals surface area (Å²) in [5.74, 6) is -0.457. The first-order valence-corrected chi connectivity index (χ1v) is 18.1. The average Bonchev–Trinajstić information content (AvgIpc) is 3.45. The number of amides is 4. The van der Waals surface area contributed by atoms with Gasteiger partial charge >= 0.3 is 18.3 Å². The van der Waals surface area contributed by atoms with Crippen molar-refractivity contribution in [3.05, 3.63) is 44.6 Å². The maximum absolute atomic E-state index is 14.0. The third-order valence-electron chi connectivity index (χ3n) is 10.3. The van der Waals surface area contributed by atoms with E-state index in [0.717, 1.165) is 49.7 Å². The standard InChI is InChI=1S/C33H43ClF3N7O4S/c1-40-7-3-23(4-8-40)41-12-14-42(15-13-41)30(45)28(18-21-16-25(33(35,36)37)29(38)26(34)17-21)48-32(47)43-9-5-24(6-10-43)44-11-2-22-19-49-20-27(22)39-31(44)46/h16-17,19-20,23-24,28H,2-15,18,38H2,1H3,(H,39,46)/t28-/m1/s1. The minimum atomic E-state index is -4.76. The van der Waals surface area contributed by atoms with Crippen molar-refractivity contribution in [3.8, 4) is 0 Å². The van der Waals surface area contributed by atoms with Gasteiger partial charge in [0.1, 0.15) is 0 Å². The van der Waals surface area contributed by atoms with Gasteiger partial charge in [-0.25, -0.2) is 9.59 Å². The Hall–Kier alpha value is -3.27. The van der Waals surface area contributed by atoms with Crippen molar-refractivity contribution in [3.63, 3.8) is 0 Å². The van der Waals surface area contributed by atoms with Gasteiger partial charge in [-0.3, -0.25) is 9.69 Å². The number of fused-ring (bicyclic) bond motifs is 1. The van der Waals surface area contributed by atoms with Gasteiger partial charge in [0.25, 0.3) is 5.91 Å². The van der Waals surface area contributed by atoms with Crippen LogP contribution in [0.15, 0.2) is 22.9 Å². The lowest BCUT2D eigenvalue weighted by atomic mass is 10.0. The number of hydrogen-bond acceptors (Lipinski definition) is 8. The number of benzene rings is 1. The summed E-state index contributed by atoms with van der Waals surface area (Å²) in [6.45, 7) is 5.38. The third-order valence-corrected chi connectivity index (χ3v) is 11.4. The molecular weight excluding hydrogens is 683 g/mol. The van der Waals surface area contributed by atoms with Gasteiger partial charge in [0.05, 0.1) is 22.0 Å². The molecule has 49 heavy (non-hydrogen) atoms. The molecule has 0 aliphatic carbocycles. The van der Waals surface area contributed by atoms with E-state index < -0.39 is 35.5 Å². The number of carbonyl (C=O) groups excluding carboxylic acids is 3. The van der Waals surface area contributed by atoms with Crippen molar-refractivity contribution >= 4 is 52.3 Å². The number of nitrogens with one attached hydrogen (secondary N) is 1. The zero-order valence-electron chi connectivity index (χ0n) is 27.5. The highest BCUT2D eigenvalue weighted by molar-refractivity contribution is 7.08. The molecule has 4 amide bonds. The lowest BCUT2D eigenvalue weighted by Crippen LogP contribution is -2.56. The van der Waals surface area contributed by atoms with E-state index >= 15 is 0 Å². The van der Waals surface area contributed by atoms with Gasteiger partial charge in [0, 0.05) is 69.7 Å². The molecule has 2 aromatic rings. The van der Waals surface area contributed by atoms with Crippen molar-refractivity contribution in [2.75, 3.05) is 77.0 Å².